The number of benzene rings is 2. The topological polar surface area (TPSA) is 69.9 Å². The fourth-order valence-electron chi connectivity index (χ4n) is 3.84. The first-order chi connectivity index (χ1) is 14.4. The zero-order valence-electron chi connectivity index (χ0n) is 16.7. The molecule has 0 spiro atoms. The molecule has 0 bridgehead atoms. The van der Waals surface area contributed by atoms with Crippen LogP contribution in [0.25, 0.3) is 10.4 Å². The van der Waals surface area contributed by atoms with E-state index < -0.39 is 24.4 Å². The van der Waals surface area contributed by atoms with Crippen LogP contribution < -0.4 is 0 Å². The normalized spacial score (nSPS) is 24.2. The van der Waals surface area contributed by atoms with Crippen molar-refractivity contribution in [2.75, 3.05) is 6.61 Å². The lowest BCUT2D eigenvalue weighted by atomic mass is 9.91. The second-order valence-electron chi connectivity index (χ2n) is 7.79. The predicted molar refractivity (Wildman–Crippen MR) is 128 cm³/mol. The van der Waals surface area contributed by atoms with Crippen molar-refractivity contribution < 1.29 is 20.1 Å². The average Bonchev–Trinajstić information content (AvgIpc) is 3.20. The smallest absolute Gasteiger partial charge is 0.111 e. The first-order valence-electron chi connectivity index (χ1n) is 10.0. The minimum atomic E-state index is -1.00. The molecule has 2 unspecified atom stereocenters. The third-order valence-electron chi connectivity index (χ3n) is 5.61. The molecule has 4 rings (SSSR count). The largest absolute Gasteiger partial charge is 0.394 e. The summed E-state index contributed by atoms with van der Waals surface area (Å²) in [6.45, 7) is 1.91. The predicted octanol–water partition coefficient (Wildman–Crippen LogP) is 4.46. The van der Waals surface area contributed by atoms with E-state index in [9.17, 15) is 15.3 Å². The Morgan fingerprint density at radius 2 is 1.83 bits per heavy atom. The molecule has 0 aliphatic carbocycles. The second-order valence-corrected chi connectivity index (χ2v) is 10.2. The Labute approximate surface area is 194 Å². The van der Waals surface area contributed by atoms with Gasteiger partial charge in [0.25, 0.3) is 0 Å². The lowest BCUT2D eigenvalue weighted by molar-refractivity contribution is -0.179. The zero-order valence-corrected chi connectivity index (χ0v) is 19.6. The summed E-state index contributed by atoms with van der Waals surface area (Å²) in [4.78, 5) is 2.51. The molecule has 0 radical (unpaired) electrons. The summed E-state index contributed by atoms with van der Waals surface area (Å²) in [5.74, 6) is 0. The first-order valence-corrected chi connectivity index (χ1v) is 11.9. The van der Waals surface area contributed by atoms with E-state index in [1.54, 1.807) is 11.3 Å². The van der Waals surface area contributed by atoms with E-state index >= 15 is 0 Å². The molecule has 2 aromatic carbocycles. The maximum absolute atomic E-state index is 10.4. The third kappa shape index (κ3) is 4.79. The molecule has 158 valence electrons. The van der Waals surface area contributed by atoms with Gasteiger partial charge in [-0.2, -0.15) is 0 Å². The molecule has 4 nitrogen and oxygen atoms in total. The van der Waals surface area contributed by atoms with E-state index in [-0.39, 0.29) is 13.0 Å². The van der Waals surface area contributed by atoms with Gasteiger partial charge in [-0.1, -0.05) is 30.3 Å². The van der Waals surface area contributed by atoms with Crippen LogP contribution in [-0.4, -0.2) is 40.2 Å². The molecule has 30 heavy (non-hydrogen) atoms. The van der Waals surface area contributed by atoms with Crippen LogP contribution in [0.3, 0.4) is 0 Å². The monoisotopic (exact) mass is 536 g/mol. The number of rotatable bonds is 5. The average molecular weight is 536 g/mol. The van der Waals surface area contributed by atoms with Crippen LogP contribution in [0, 0.1) is 10.5 Å². The fraction of sp³-hybridized carbons (Fsp3) is 0.333. The van der Waals surface area contributed by atoms with E-state index in [2.05, 4.69) is 72.0 Å². The standard InChI is InChI=1S/C24H25IO4S/c1-14-2-3-16(24-23(28)21(27)12-19(13-26)29-24)10-17(14)11-20-8-9-22(30-20)15-4-6-18(25)7-5-15/h2-10,19,21,23-24,26-28H,11-13H2,1H3/t19?,21-,23-,24?/m0/s1. The molecule has 2 heterocycles. The minimum Gasteiger partial charge on any atom is -0.394 e. The Hall–Kier alpha value is -1.29. The lowest BCUT2D eigenvalue weighted by Gasteiger charge is -2.37. The van der Waals surface area contributed by atoms with Crippen molar-refractivity contribution in [2.45, 2.75) is 44.2 Å². The summed E-state index contributed by atoms with van der Waals surface area (Å²) >= 11 is 4.10. The Morgan fingerprint density at radius 1 is 1.07 bits per heavy atom. The van der Waals surface area contributed by atoms with Crippen LogP contribution in [0.1, 0.15) is 34.1 Å². The van der Waals surface area contributed by atoms with Gasteiger partial charge < -0.3 is 20.1 Å². The molecule has 1 aromatic heterocycles. The van der Waals surface area contributed by atoms with E-state index in [1.165, 1.54) is 30.0 Å². The van der Waals surface area contributed by atoms with Crippen molar-refractivity contribution in [3.05, 3.63) is 79.7 Å². The molecular formula is C24H25IO4S. The molecule has 3 aromatic rings. The zero-order chi connectivity index (χ0) is 21.3. The number of aryl methyl sites for hydroxylation is 1. The molecule has 0 amide bonds. The van der Waals surface area contributed by atoms with Gasteiger partial charge in [-0.25, -0.2) is 0 Å². The van der Waals surface area contributed by atoms with E-state index in [1.807, 2.05) is 12.1 Å². The number of aliphatic hydroxyl groups excluding tert-OH is 3. The van der Waals surface area contributed by atoms with Gasteiger partial charge in [0.1, 0.15) is 12.2 Å². The van der Waals surface area contributed by atoms with Crippen molar-refractivity contribution in [3.8, 4) is 10.4 Å². The van der Waals surface area contributed by atoms with E-state index in [4.69, 9.17) is 4.74 Å². The number of halogens is 1. The SMILES string of the molecule is Cc1ccc(C2OC(CO)C[C@H](O)[C@@H]2O)cc1Cc1ccc(-c2ccc(I)cc2)s1. The molecule has 1 fully saturated rings. The van der Waals surface area contributed by atoms with Crippen molar-refractivity contribution in [2.24, 2.45) is 0 Å². The van der Waals surface area contributed by atoms with Gasteiger partial charge in [-0.15, -0.1) is 11.3 Å². The number of hydrogen-bond acceptors (Lipinski definition) is 5. The van der Waals surface area contributed by atoms with Gasteiger partial charge in [0.2, 0.25) is 0 Å². The Kier molecular flexibility index (Phi) is 6.91. The number of hydrogen-bond donors (Lipinski definition) is 3. The molecule has 1 aliphatic rings. The van der Waals surface area contributed by atoms with Crippen molar-refractivity contribution in [3.63, 3.8) is 0 Å². The van der Waals surface area contributed by atoms with Crippen LogP contribution in [0.15, 0.2) is 54.6 Å². The van der Waals surface area contributed by atoms with Crippen LogP contribution in [0.4, 0.5) is 0 Å². The molecule has 4 atom stereocenters. The maximum Gasteiger partial charge on any atom is 0.111 e. The van der Waals surface area contributed by atoms with Gasteiger partial charge in [0.15, 0.2) is 0 Å². The molecular weight excluding hydrogens is 511 g/mol. The molecule has 0 saturated carbocycles. The Bertz CT molecular complexity index is 1000. The lowest BCUT2D eigenvalue weighted by Crippen LogP contribution is -2.44. The number of aliphatic hydroxyl groups is 3. The van der Waals surface area contributed by atoms with Crippen LogP contribution in [0.2, 0.25) is 0 Å². The summed E-state index contributed by atoms with van der Waals surface area (Å²) in [6, 6.07) is 18.9. The number of ether oxygens (including phenoxy) is 1. The first kappa shape index (κ1) is 21.9. The highest BCUT2D eigenvalue weighted by atomic mass is 127. The summed E-state index contributed by atoms with van der Waals surface area (Å²) in [5, 5.41) is 30.1. The Balaban J connectivity index is 1.56. The highest BCUT2D eigenvalue weighted by Crippen LogP contribution is 2.34. The van der Waals surface area contributed by atoms with E-state index in [0.29, 0.717) is 0 Å². The fourth-order valence-corrected chi connectivity index (χ4v) is 5.23. The third-order valence-corrected chi connectivity index (χ3v) is 7.46. The van der Waals surface area contributed by atoms with Gasteiger partial charge in [-0.05, 0) is 76.0 Å². The van der Waals surface area contributed by atoms with Gasteiger partial charge >= 0.3 is 0 Å². The van der Waals surface area contributed by atoms with Crippen LogP contribution in [0.5, 0.6) is 0 Å². The highest BCUT2D eigenvalue weighted by molar-refractivity contribution is 14.1. The second kappa shape index (κ2) is 9.46. The Morgan fingerprint density at radius 3 is 2.57 bits per heavy atom. The quantitative estimate of drug-likeness (QED) is 0.422. The highest BCUT2D eigenvalue weighted by Gasteiger charge is 2.37. The minimum absolute atomic E-state index is 0.171. The summed E-state index contributed by atoms with van der Waals surface area (Å²) in [6.07, 6.45) is -1.98. The van der Waals surface area contributed by atoms with Crippen molar-refractivity contribution in [1.29, 1.82) is 0 Å². The maximum atomic E-state index is 10.4. The van der Waals surface area contributed by atoms with Crippen molar-refractivity contribution >= 4 is 33.9 Å². The molecule has 1 aliphatic heterocycles. The number of thiophene rings is 1. The van der Waals surface area contributed by atoms with Crippen molar-refractivity contribution in [1.82, 2.24) is 0 Å². The van der Waals surface area contributed by atoms with Crippen LogP contribution in [-0.2, 0) is 11.2 Å². The van der Waals surface area contributed by atoms with Gasteiger partial charge in [0, 0.05) is 26.2 Å². The van der Waals surface area contributed by atoms with Gasteiger partial charge in [-0.3, -0.25) is 0 Å². The summed E-state index contributed by atoms with van der Waals surface area (Å²) in [5.41, 5.74) is 4.39. The summed E-state index contributed by atoms with van der Waals surface area (Å²) in [7, 11) is 0. The summed E-state index contributed by atoms with van der Waals surface area (Å²) < 4.78 is 7.09. The van der Waals surface area contributed by atoms with E-state index in [0.717, 1.165) is 12.0 Å². The van der Waals surface area contributed by atoms with Gasteiger partial charge in [0.05, 0.1) is 18.8 Å². The molecule has 3 N–H and O–H groups in total. The van der Waals surface area contributed by atoms with Crippen LogP contribution >= 0.6 is 33.9 Å². The molecule has 6 heteroatoms. The molecule has 1 saturated heterocycles.